The molecule has 7 heteroatoms. The number of hydrogen-bond acceptors (Lipinski definition) is 4. The number of carbonyl (C=O) groups excluding carboxylic acids is 2. The summed E-state index contributed by atoms with van der Waals surface area (Å²) in [5, 5.41) is 8.86. The lowest BCUT2D eigenvalue weighted by atomic mass is 9.92. The number of carbonyl (C=O) groups is 3. The van der Waals surface area contributed by atoms with Crippen LogP contribution in [0.3, 0.4) is 0 Å². The lowest BCUT2D eigenvalue weighted by Gasteiger charge is -2.30. The Bertz CT molecular complexity index is 673. The summed E-state index contributed by atoms with van der Waals surface area (Å²) >= 11 is 0. The number of hydrogen-bond donors (Lipinski definition) is 1. The van der Waals surface area contributed by atoms with E-state index in [4.69, 9.17) is 9.84 Å². The van der Waals surface area contributed by atoms with E-state index < -0.39 is 11.9 Å². The molecular formula is C20H28N2O5. The minimum Gasteiger partial charge on any atom is -0.497 e. The van der Waals surface area contributed by atoms with Gasteiger partial charge in [-0.1, -0.05) is 25.5 Å². The first-order chi connectivity index (χ1) is 12.9. The van der Waals surface area contributed by atoms with E-state index in [0.717, 1.165) is 18.4 Å². The van der Waals surface area contributed by atoms with Crippen LogP contribution in [0.5, 0.6) is 5.75 Å². The second-order valence-electron chi connectivity index (χ2n) is 6.87. The lowest BCUT2D eigenvalue weighted by molar-refractivity contribution is -0.139. The molecule has 1 aliphatic heterocycles. The van der Waals surface area contributed by atoms with Gasteiger partial charge in [0.05, 0.1) is 25.5 Å². The zero-order chi connectivity index (χ0) is 20.0. The molecule has 2 rings (SSSR count). The summed E-state index contributed by atoms with van der Waals surface area (Å²) in [6.45, 7) is 2.79. The maximum absolute atomic E-state index is 13.0. The molecule has 148 valence electrons. The highest BCUT2D eigenvalue weighted by Crippen LogP contribution is 2.39. The Labute approximate surface area is 159 Å². The molecule has 1 saturated heterocycles. The van der Waals surface area contributed by atoms with Gasteiger partial charge >= 0.3 is 5.97 Å². The van der Waals surface area contributed by atoms with E-state index in [2.05, 4.69) is 6.92 Å². The number of benzene rings is 1. The molecule has 2 unspecified atom stereocenters. The standard InChI is InChI=1S/C20H28N2O5/c1-4-5-11-22-17(23)13-16(20(26)21(2)12-10-18(24)25)19(22)14-6-8-15(27-3)9-7-14/h6-9,16,19H,4-5,10-13H2,1-3H3,(H,24,25). The first-order valence-corrected chi connectivity index (χ1v) is 9.29. The number of nitrogens with zero attached hydrogens (tertiary/aromatic N) is 2. The number of likely N-dealkylation sites (tertiary alicyclic amines) is 1. The molecule has 1 aromatic carbocycles. The molecule has 0 bridgehead atoms. The number of methoxy groups -OCH3 is 1. The second kappa shape index (κ2) is 9.39. The van der Waals surface area contributed by atoms with Gasteiger partial charge in [-0.2, -0.15) is 0 Å². The largest absolute Gasteiger partial charge is 0.497 e. The van der Waals surface area contributed by atoms with Gasteiger partial charge < -0.3 is 19.6 Å². The normalized spacial score (nSPS) is 19.2. The van der Waals surface area contributed by atoms with Crippen LogP contribution in [0.4, 0.5) is 0 Å². The maximum Gasteiger partial charge on any atom is 0.305 e. The van der Waals surface area contributed by atoms with Crippen LogP contribution >= 0.6 is 0 Å². The fraction of sp³-hybridized carbons (Fsp3) is 0.550. The van der Waals surface area contributed by atoms with Gasteiger partial charge in [0.15, 0.2) is 0 Å². The minimum atomic E-state index is -0.951. The summed E-state index contributed by atoms with van der Waals surface area (Å²) in [7, 11) is 3.18. The zero-order valence-corrected chi connectivity index (χ0v) is 16.2. The van der Waals surface area contributed by atoms with Gasteiger partial charge in [0, 0.05) is 26.6 Å². The molecule has 1 heterocycles. The molecule has 0 saturated carbocycles. The third-order valence-electron chi connectivity index (χ3n) is 5.00. The van der Waals surface area contributed by atoms with Gasteiger partial charge in [-0.3, -0.25) is 14.4 Å². The monoisotopic (exact) mass is 376 g/mol. The smallest absolute Gasteiger partial charge is 0.305 e. The summed E-state index contributed by atoms with van der Waals surface area (Å²) < 4.78 is 5.20. The van der Waals surface area contributed by atoms with Crippen molar-refractivity contribution in [2.24, 2.45) is 5.92 Å². The van der Waals surface area contributed by atoms with Crippen LogP contribution in [0.2, 0.25) is 0 Å². The predicted octanol–water partition coefficient (Wildman–Crippen LogP) is 2.32. The quantitative estimate of drug-likeness (QED) is 0.715. The maximum atomic E-state index is 13.0. The van der Waals surface area contributed by atoms with Crippen molar-refractivity contribution in [2.45, 2.75) is 38.6 Å². The Morgan fingerprint density at radius 3 is 2.52 bits per heavy atom. The number of carboxylic acids is 1. The second-order valence-corrected chi connectivity index (χ2v) is 6.87. The Balaban J connectivity index is 2.28. The Morgan fingerprint density at radius 1 is 1.30 bits per heavy atom. The van der Waals surface area contributed by atoms with Gasteiger partial charge in [-0.25, -0.2) is 0 Å². The SMILES string of the molecule is CCCCN1C(=O)CC(C(=O)N(C)CCC(=O)O)C1c1ccc(OC)cc1. The molecule has 0 spiro atoms. The van der Waals surface area contributed by atoms with Crippen LogP contribution in [-0.4, -0.2) is 59.9 Å². The van der Waals surface area contributed by atoms with Crippen molar-refractivity contribution in [3.63, 3.8) is 0 Å². The Kier molecular flexibility index (Phi) is 7.21. The molecule has 2 atom stereocenters. The summed E-state index contributed by atoms with van der Waals surface area (Å²) in [4.78, 5) is 39.6. The topological polar surface area (TPSA) is 87.2 Å². The van der Waals surface area contributed by atoms with E-state index >= 15 is 0 Å². The lowest BCUT2D eigenvalue weighted by Crippen LogP contribution is -2.38. The molecule has 1 aromatic rings. The van der Waals surface area contributed by atoms with Gasteiger partial charge in [0.2, 0.25) is 11.8 Å². The van der Waals surface area contributed by atoms with Crippen LogP contribution < -0.4 is 4.74 Å². The van der Waals surface area contributed by atoms with Crippen LogP contribution in [-0.2, 0) is 14.4 Å². The number of amides is 2. The van der Waals surface area contributed by atoms with E-state index in [9.17, 15) is 14.4 Å². The molecule has 0 aliphatic carbocycles. The fourth-order valence-corrected chi connectivity index (χ4v) is 3.47. The van der Waals surface area contributed by atoms with E-state index in [0.29, 0.717) is 12.3 Å². The van der Waals surface area contributed by atoms with Crippen molar-refractivity contribution >= 4 is 17.8 Å². The average molecular weight is 376 g/mol. The minimum absolute atomic E-state index is 0.0331. The molecule has 2 amide bonds. The van der Waals surface area contributed by atoms with Crippen molar-refractivity contribution in [2.75, 3.05) is 27.2 Å². The molecule has 1 N–H and O–H groups in total. The number of aliphatic carboxylic acids is 1. The molecular weight excluding hydrogens is 348 g/mol. The van der Waals surface area contributed by atoms with Crippen LogP contribution in [0.25, 0.3) is 0 Å². The van der Waals surface area contributed by atoms with Gasteiger partial charge in [-0.05, 0) is 24.1 Å². The van der Waals surface area contributed by atoms with E-state index in [1.54, 1.807) is 19.1 Å². The fourth-order valence-electron chi connectivity index (χ4n) is 3.47. The van der Waals surface area contributed by atoms with Crippen LogP contribution in [0.1, 0.15) is 44.2 Å². The molecule has 1 aliphatic rings. The van der Waals surface area contributed by atoms with Gasteiger partial charge in [-0.15, -0.1) is 0 Å². The summed E-state index contributed by atoms with van der Waals surface area (Å²) in [6, 6.07) is 7.09. The van der Waals surface area contributed by atoms with E-state index in [-0.39, 0.29) is 37.2 Å². The van der Waals surface area contributed by atoms with Gasteiger partial charge in [0.1, 0.15) is 5.75 Å². The highest BCUT2D eigenvalue weighted by atomic mass is 16.5. The molecule has 0 radical (unpaired) electrons. The first kappa shape index (κ1) is 20.7. The van der Waals surface area contributed by atoms with Crippen molar-refractivity contribution in [3.05, 3.63) is 29.8 Å². The van der Waals surface area contributed by atoms with Crippen molar-refractivity contribution < 1.29 is 24.2 Å². The van der Waals surface area contributed by atoms with E-state index in [1.807, 2.05) is 24.3 Å². The third kappa shape index (κ3) is 4.99. The summed E-state index contributed by atoms with van der Waals surface area (Å²) in [5.74, 6) is -0.974. The zero-order valence-electron chi connectivity index (χ0n) is 16.2. The van der Waals surface area contributed by atoms with Crippen molar-refractivity contribution in [3.8, 4) is 5.75 Å². The molecule has 1 fully saturated rings. The number of rotatable bonds is 9. The molecule has 0 aromatic heterocycles. The highest BCUT2D eigenvalue weighted by Gasteiger charge is 2.45. The van der Waals surface area contributed by atoms with Crippen LogP contribution in [0, 0.1) is 5.92 Å². The van der Waals surface area contributed by atoms with Gasteiger partial charge in [0.25, 0.3) is 0 Å². The third-order valence-corrected chi connectivity index (χ3v) is 5.00. The Morgan fingerprint density at radius 2 is 1.96 bits per heavy atom. The molecule has 7 nitrogen and oxygen atoms in total. The van der Waals surface area contributed by atoms with Crippen molar-refractivity contribution in [1.82, 2.24) is 9.80 Å². The average Bonchev–Trinajstić information content (AvgIpc) is 2.99. The van der Waals surface area contributed by atoms with E-state index in [1.165, 1.54) is 4.90 Å². The van der Waals surface area contributed by atoms with Crippen molar-refractivity contribution in [1.29, 1.82) is 0 Å². The number of unbranched alkanes of at least 4 members (excludes halogenated alkanes) is 1. The van der Waals surface area contributed by atoms with Crippen LogP contribution in [0.15, 0.2) is 24.3 Å². The Hall–Kier alpha value is -2.57. The summed E-state index contributed by atoms with van der Waals surface area (Å²) in [5.41, 5.74) is 0.891. The number of ether oxygens (including phenoxy) is 1. The number of carboxylic acid groups (broad SMARTS) is 1. The first-order valence-electron chi connectivity index (χ1n) is 9.29. The predicted molar refractivity (Wildman–Crippen MR) is 100 cm³/mol. The summed E-state index contributed by atoms with van der Waals surface area (Å²) in [6.07, 6.45) is 1.86. The highest BCUT2D eigenvalue weighted by molar-refractivity contribution is 5.90. The molecule has 27 heavy (non-hydrogen) atoms.